The number of rotatable bonds is 16. The lowest BCUT2D eigenvalue weighted by Crippen LogP contribution is -2.09. The topological polar surface area (TPSA) is 37.3 Å². The molecule has 0 aliphatic rings. The standard InChI is InChI=1S/C20H40O2/c1-4-5-6-7-8-9-10-11-12-13-15-18(2)16-14-17-19(3)20(21)22/h18-19H,4-17H2,1-3H3,(H,21,22). The Morgan fingerprint density at radius 3 is 1.68 bits per heavy atom. The molecule has 2 atom stereocenters. The highest BCUT2D eigenvalue weighted by Gasteiger charge is 2.11. The zero-order valence-corrected chi connectivity index (χ0v) is 15.4. The van der Waals surface area contributed by atoms with Gasteiger partial charge in [-0.3, -0.25) is 4.79 Å². The third kappa shape index (κ3) is 14.4. The van der Waals surface area contributed by atoms with E-state index in [1.807, 2.05) is 6.92 Å². The van der Waals surface area contributed by atoms with E-state index in [2.05, 4.69) is 13.8 Å². The minimum atomic E-state index is -0.651. The van der Waals surface area contributed by atoms with Crippen molar-refractivity contribution in [1.29, 1.82) is 0 Å². The lowest BCUT2D eigenvalue weighted by atomic mass is 9.94. The first-order valence-corrected chi connectivity index (χ1v) is 9.80. The van der Waals surface area contributed by atoms with Crippen LogP contribution in [-0.2, 0) is 4.79 Å². The molecule has 0 aliphatic heterocycles. The fraction of sp³-hybridized carbons (Fsp3) is 0.950. The van der Waals surface area contributed by atoms with E-state index >= 15 is 0 Å². The highest BCUT2D eigenvalue weighted by Crippen LogP contribution is 2.19. The molecule has 2 unspecified atom stereocenters. The Hall–Kier alpha value is -0.530. The average Bonchev–Trinajstić information content (AvgIpc) is 2.49. The van der Waals surface area contributed by atoms with Gasteiger partial charge >= 0.3 is 5.97 Å². The van der Waals surface area contributed by atoms with E-state index in [0.717, 1.165) is 18.8 Å². The van der Waals surface area contributed by atoms with Crippen molar-refractivity contribution in [2.45, 2.75) is 111 Å². The molecule has 0 aliphatic carbocycles. The second-order valence-electron chi connectivity index (χ2n) is 7.25. The molecule has 0 heterocycles. The maximum atomic E-state index is 10.7. The molecule has 1 N–H and O–H groups in total. The Morgan fingerprint density at radius 2 is 1.18 bits per heavy atom. The van der Waals surface area contributed by atoms with Crippen LogP contribution in [0.4, 0.5) is 0 Å². The molecule has 0 saturated carbocycles. The summed E-state index contributed by atoms with van der Waals surface area (Å²) >= 11 is 0. The molecule has 0 aromatic carbocycles. The smallest absolute Gasteiger partial charge is 0.306 e. The molecule has 0 aromatic rings. The molecule has 0 radical (unpaired) electrons. The van der Waals surface area contributed by atoms with Crippen LogP contribution in [0, 0.1) is 11.8 Å². The number of hydrogen-bond acceptors (Lipinski definition) is 1. The Labute approximate surface area is 139 Å². The predicted molar refractivity (Wildman–Crippen MR) is 96.3 cm³/mol. The summed E-state index contributed by atoms with van der Waals surface area (Å²) in [5.74, 6) is -0.0677. The van der Waals surface area contributed by atoms with Gasteiger partial charge in [0, 0.05) is 0 Å². The van der Waals surface area contributed by atoms with E-state index in [-0.39, 0.29) is 5.92 Å². The number of carboxylic acid groups (broad SMARTS) is 1. The minimum absolute atomic E-state index is 0.176. The molecule has 0 fully saturated rings. The van der Waals surface area contributed by atoms with Crippen LogP contribution in [-0.4, -0.2) is 11.1 Å². The first kappa shape index (κ1) is 21.5. The molecule has 0 spiro atoms. The number of carboxylic acids is 1. The van der Waals surface area contributed by atoms with Crippen molar-refractivity contribution in [2.75, 3.05) is 0 Å². The van der Waals surface area contributed by atoms with E-state index in [1.54, 1.807) is 0 Å². The molecule has 2 nitrogen and oxygen atoms in total. The maximum absolute atomic E-state index is 10.7. The summed E-state index contributed by atoms with van der Waals surface area (Å²) in [4.78, 5) is 10.7. The van der Waals surface area contributed by atoms with Crippen molar-refractivity contribution < 1.29 is 9.90 Å². The van der Waals surface area contributed by atoms with Crippen LogP contribution in [0.5, 0.6) is 0 Å². The molecule has 132 valence electrons. The van der Waals surface area contributed by atoms with Gasteiger partial charge in [0.05, 0.1) is 5.92 Å². The van der Waals surface area contributed by atoms with Gasteiger partial charge in [0.2, 0.25) is 0 Å². The van der Waals surface area contributed by atoms with Crippen molar-refractivity contribution >= 4 is 5.97 Å². The average molecular weight is 313 g/mol. The first-order chi connectivity index (χ1) is 10.6. The predicted octanol–water partition coefficient (Wildman–Crippen LogP) is 6.82. The fourth-order valence-corrected chi connectivity index (χ4v) is 3.02. The van der Waals surface area contributed by atoms with Crippen LogP contribution in [0.1, 0.15) is 111 Å². The van der Waals surface area contributed by atoms with Gasteiger partial charge < -0.3 is 5.11 Å². The van der Waals surface area contributed by atoms with Gasteiger partial charge in [0.25, 0.3) is 0 Å². The Kier molecular flexibility index (Phi) is 15.0. The summed E-state index contributed by atoms with van der Waals surface area (Å²) < 4.78 is 0. The molecule has 22 heavy (non-hydrogen) atoms. The number of carbonyl (C=O) groups is 1. The molecular weight excluding hydrogens is 272 g/mol. The summed E-state index contributed by atoms with van der Waals surface area (Å²) in [5, 5.41) is 8.85. The van der Waals surface area contributed by atoms with Gasteiger partial charge in [-0.05, 0) is 12.3 Å². The number of hydrogen-bond donors (Lipinski definition) is 1. The first-order valence-electron chi connectivity index (χ1n) is 9.80. The van der Waals surface area contributed by atoms with E-state index in [1.165, 1.54) is 77.0 Å². The Balaban J connectivity index is 3.25. The molecule has 0 rings (SSSR count). The van der Waals surface area contributed by atoms with E-state index in [0.29, 0.717) is 0 Å². The van der Waals surface area contributed by atoms with Crippen molar-refractivity contribution in [3.8, 4) is 0 Å². The summed E-state index contributed by atoms with van der Waals surface area (Å²) in [6.07, 6.45) is 18.4. The zero-order chi connectivity index (χ0) is 16.6. The minimum Gasteiger partial charge on any atom is -0.481 e. The largest absolute Gasteiger partial charge is 0.481 e. The Morgan fingerprint density at radius 1 is 0.727 bits per heavy atom. The normalized spacial score (nSPS) is 14.0. The summed E-state index contributed by atoms with van der Waals surface area (Å²) in [7, 11) is 0. The zero-order valence-electron chi connectivity index (χ0n) is 15.4. The van der Waals surface area contributed by atoms with Gasteiger partial charge in [-0.15, -0.1) is 0 Å². The second kappa shape index (κ2) is 15.4. The highest BCUT2D eigenvalue weighted by atomic mass is 16.4. The molecule has 2 heteroatoms. The van der Waals surface area contributed by atoms with Crippen molar-refractivity contribution in [2.24, 2.45) is 11.8 Å². The SMILES string of the molecule is CCCCCCCCCCCCC(C)CCCC(C)C(=O)O. The molecule has 0 bridgehead atoms. The van der Waals surface area contributed by atoms with E-state index in [9.17, 15) is 4.79 Å². The van der Waals surface area contributed by atoms with Crippen LogP contribution in [0.2, 0.25) is 0 Å². The van der Waals surface area contributed by atoms with Crippen molar-refractivity contribution in [3.05, 3.63) is 0 Å². The number of aliphatic carboxylic acids is 1. The quantitative estimate of drug-likeness (QED) is 0.317. The third-order valence-electron chi connectivity index (χ3n) is 4.81. The van der Waals surface area contributed by atoms with Gasteiger partial charge in [-0.2, -0.15) is 0 Å². The van der Waals surface area contributed by atoms with Crippen molar-refractivity contribution in [3.63, 3.8) is 0 Å². The lowest BCUT2D eigenvalue weighted by molar-refractivity contribution is -0.141. The van der Waals surface area contributed by atoms with E-state index < -0.39 is 5.97 Å². The lowest BCUT2D eigenvalue weighted by Gasteiger charge is -2.12. The summed E-state index contributed by atoms with van der Waals surface area (Å²) in [5.41, 5.74) is 0. The monoisotopic (exact) mass is 312 g/mol. The number of unbranched alkanes of at least 4 members (excludes halogenated alkanes) is 9. The summed E-state index contributed by atoms with van der Waals surface area (Å²) in [6.45, 7) is 6.40. The Bertz CT molecular complexity index is 250. The summed E-state index contributed by atoms with van der Waals surface area (Å²) in [6, 6.07) is 0. The molecule has 0 amide bonds. The van der Waals surface area contributed by atoms with E-state index in [4.69, 9.17) is 5.11 Å². The third-order valence-corrected chi connectivity index (χ3v) is 4.81. The van der Waals surface area contributed by atoms with Crippen molar-refractivity contribution in [1.82, 2.24) is 0 Å². The van der Waals surface area contributed by atoms with Gasteiger partial charge in [-0.25, -0.2) is 0 Å². The van der Waals surface area contributed by atoms with Gasteiger partial charge in [-0.1, -0.05) is 104 Å². The van der Waals surface area contributed by atoms with Gasteiger partial charge in [0.15, 0.2) is 0 Å². The molecular formula is C20H40O2. The fourth-order valence-electron chi connectivity index (χ4n) is 3.02. The van der Waals surface area contributed by atoms with Crippen LogP contribution in [0.3, 0.4) is 0 Å². The van der Waals surface area contributed by atoms with Crippen LogP contribution >= 0.6 is 0 Å². The van der Waals surface area contributed by atoms with Crippen LogP contribution in [0.15, 0.2) is 0 Å². The van der Waals surface area contributed by atoms with Crippen LogP contribution in [0.25, 0.3) is 0 Å². The second-order valence-corrected chi connectivity index (χ2v) is 7.25. The van der Waals surface area contributed by atoms with Gasteiger partial charge in [0.1, 0.15) is 0 Å². The van der Waals surface area contributed by atoms with Crippen LogP contribution < -0.4 is 0 Å². The molecule has 0 saturated heterocycles. The maximum Gasteiger partial charge on any atom is 0.306 e. The highest BCUT2D eigenvalue weighted by molar-refractivity contribution is 5.69. The molecule has 0 aromatic heterocycles.